The van der Waals surface area contributed by atoms with Crippen LogP contribution >= 0.6 is 11.6 Å². The molecule has 3 aromatic rings. The van der Waals surface area contributed by atoms with E-state index >= 15 is 0 Å². The minimum Gasteiger partial charge on any atom is -0.343 e. The van der Waals surface area contributed by atoms with E-state index in [4.69, 9.17) is 11.6 Å². The van der Waals surface area contributed by atoms with Gasteiger partial charge in [-0.25, -0.2) is 15.0 Å². The van der Waals surface area contributed by atoms with E-state index in [0.29, 0.717) is 16.6 Å². The largest absolute Gasteiger partial charge is 0.343 e. The predicted octanol–water partition coefficient (Wildman–Crippen LogP) is 2.80. The fourth-order valence-electron chi connectivity index (χ4n) is 2.26. The van der Waals surface area contributed by atoms with Crippen molar-refractivity contribution >= 4 is 34.4 Å². The lowest BCUT2D eigenvalue weighted by Crippen LogP contribution is -2.15. The Morgan fingerprint density at radius 3 is 2.82 bits per heavy atom. The zero-order valence-corrected chi connectivity index (χ0v) is 12.9. The molecule has 6 nitrogen and oxygen atoms in total. The Balaban J connectivity index is 1.83. The van der Waals surface area contributed by atoms with Crippen LogP contribution in [0, 0.1) is 13.8 Å². The molecule has 2 N–H and O–H groups in total. The van der Waals surface area contributed by atoms with Gasteiger partial charge in [-0.2, -0.15) is 0 Å². The molecule has 0 saturated heterocycles. The van der Waals surface area contributed by atoms with E-state index in [1.807, 2.05) is 13.8 Å². The molecule has 1 amide bonds. The van der Waals surface area contributed by atoms with E-state index in [9.17, 15) is 4.79 Å². The van der Waals surface area contributed by atoms with Crippen LogP contribution in [-0.2, 0) is 11.2 Å². The first kappa shape index (κ1) is 14.5. The highest BCUT2D eigenvalue weighted by atomic mass is 35.5. The van der Waals surface area contributed by atoms with Gasteiger partial charge in [0, 0.05) is 11.9 Å². The molecule has 3 rings (SSSR count). The summed E-state index contributed by atoms with van der Waals surface area (Å²) >= 11 is 5.73. The number of aromatic amines is 1. The topological polar surface area (TPSA) is 83.6 Å². The maximum absolute atomic E-state index is 12.2. The van der Waals surface area contributed by atoms with Crippen LogP contribution in [0.15, 0.2) is 24.7 Å². The van der Waals surface area contributed by atoms with Crippen LogP contribution in [0.5, 0.6) is 0 Å². The zero-order valence-electron chi connectivity index (χ0n) is 12.1. The number of anilines is 1. The van der Waals surface area contributed by atoms with Crippen molar-refractivity contribution in [3.8, 4) is 0 Å². The van der Waals surface area contributed by atoms with Crippen LogP contribution in [0.25, 0.3) is 11.0 Å². The van der Waals surface area contributed by atoms with Crippen LogP contribution in [0.2, 0.25) is 5.15 Å². The number of pyridine rings is 1. The number of rotatable bonds is 3. The molecule has 7 heteroatoms. The average molecular weight is 316 g/mol. The third-order valence-corrected chi connectivity index (χ3v) is 3.73. The second-order valence-corrected chi connectivity index (χ2v) is 5.42. The maximum atomic E-state index is 12.2. The van der Waals surface area contributed by atoms with Crippen molar-refractivity contribution in [2.24, 2.45) is 0 Å². The summed E-state index contributed by atoms with van der Waals surface area (Å²) in [5, 5.41) is 4.07. The first-order valence-corrected chi connectivity index (χ1v) is 7.12. The SMILES string of the molecule is Cc1[nH]c2ncnc(NC(=O)Cc3ccc(Cl)nc3)c2c1C. The fourth-order valence-corrected chi connectivity index (χ4v) is 2.37. The number of aromatic nitrogens is 4. The van der Waals surface area contributed by atoms with E-state index in [0.717, 1.165) is 22.2 Å². The van der Waals surface area contributed by atoms with Gasteiger partial charge in [-0.1, -0.05) is 17.7 Å². The van der Waals surface area contributed by atoms with E-state index in [2.05, 4.69) is 25.3 Å². The molecule has 112 valence electrons. The number of hydrogen-bond donors (Lipinski definition) is 2. The van der Waals surface area contributed by atoms with Crippen molar-refractivity contribution < 1.29 is 4.79 Å². The molecule has 0 aliphatic carbocycles. The molecule has 0 aromatic carbocycles. The van der Waals surface area contributed by atoms with Crippen molar-refractivity contribution in [2.75, 3.05) is 5.32 Å². The van der Waals surface area contributed by atoms with Gasteiger partial charge in [0.05, 0.1) is 11.8 Å². The predicted molar refractivity (Wildman–Crippen MR) is 84.9 cm³/mol. The fraction of sp³-hybridized carbons (Fsp3) is 0.200. The summed E-state index contributed by atoms with van der Waals surface area (Å²) < 4.78 is 0. The number of amides is 1. The summed E-state index contributed by atoms with van der Waals surface area (Å²) in [6.07, 6.45) is 3.22. The lowest BCUT2D eigenvalue weighted by atomic mass is 10.2. The number of fused-ring (bicyclic) bond motifs is 1. The molecule has 0 radical (unpaired) electrons. The molecule has 0 unspecified atom stereocenters. The van der Waals surface area contributed by atoms with Gasteiger partial charge in [-0.3, -0.25) is 4.79 Å². The number of aryl methyl sites for hydroxylation is 2. The molecule has 0 bridgehead atoms. The van der Waals surface area contributed by atoms with Crippen molar-refractivity contribution in [3.63, 3.8) is 0 Å². The van der Waals surface area contributed by atoms with Gasteiger partial charge in [0.2, 0.25) is 5.91 Å². The molecule has 0 aliphatic rings. The lowest BCUT2D eigenvalue weighted by molar-refractivity contribution is -0.115. The zero-order chi connectivity index (χ0) is 15.7. The molecule has 0 aliphatic heterocycles. The van der Waals surface area contributed by atoms with Gasteiger partial charge in [-0.05, 0) is 31.0 Å². The third kappa shape index (κ3) is 2.78. The summed E-state index contributed by atoms with van der Waals surface area (Å²) in [5.41, 5.74) is 3.54. The third-order valence-electron chi connectivity index (χ3n) is 3.50. The summed E-state index contributed by atoms with van der Waals surface area (Å²) in [6.45, 7) is 3.93. The molecule has 3 heterocycles. The first-order chi connectivity index (χ1) is 10.5. The Kier molecular flexibility index (Phi) is 3.77. The minimum absolute atomic E-state index is 0.164. The van der Waals surface area contributed by atoms with Crippen LogP contribution in [0.3, 0.4) is 0 Å². The number of halogens is 1. The molecular formula is C15H14ClN5O. The van der Waals surface area contributed by atoms with E-state index < -0.39 is 0 Å². The lowest BCUT2D eigenvalue weighted by Gasteiger charge is -2.06. The standard InChI is InChI=1S/C15H14ClN5O/c1-8-9(2)20-14-13(8)15(19-7-18-14)21-12(22)5-10-3-4-11(16)17-6-10/h3-4,6-7H,5H2,1-2H3,(H2,18,19,20,21,22). The van der Waals surface area contributed by atoms with Gasteiger partial charge < -0.3 is 10.3 Å². The Morgan fingerprint density at radius 1 is 1.27 bits per heavy atom. The second-order valence-electron chi connectivity index (χ2n) is 5.04. The van der Waals surface area contributed by atoms with E-state index in [1.165, 1.54) is 6.33 Å². The second kappa shape index (κ2) is 5.73. The quantitative estimate of drug-likeness (QED) is 0.728. The van der Waals surface area contributed by atoms with Crippen molar-refractivity contribution in [1.82, 2.24) is 19.9 Å². The van der Waals surface area contributed by atoms with E-state index in [1.54, 1.807) is 18.3 Å². The number of hydrogen-bond acceptors (Lipinski definition) is 4. The normalized spacial score (nSPS) is 10.9. The monoisotopic (exact) mass is 315 g/mol. The number of carbonyl (C=O) groups excluding carboxylic acids is 1. The molecule has 22 heavy (non-hydrogen) atoms. The van der Waals surface area contributed by atoms with Crippen molar-refractivity contribution in [3.05, 3.63) is 46.6 Å². The molecule has 0 atom stereocenters. The summed E-state index contributed by atoms with van der Waals surface area (Å²) in [4.78, 5) is 27.7. The number of H-pyrrole nitrogens is 1. The van der Waals surface area contributed by atoms with E-state index in [-0.39, 0.29) is 12.3 Å². The first-order valence-electron chi connectivity index (χ1n) is 6.74. The number of carbonyl (C=O) groups is 1. The van der Waals surface area contributed by atoms with Crippen LogP contribution in [0.4, 0.5) is 5.82 Å². The van der Waals surface area contributed by atoms with Crippen LogP contribution in [-0.4, -0.2) is 25.8 Å². The van der Waals surface area contributed by atoms with Gasteiger partial charge in [0.25, 0.3) is 0 Å². The van der Waals surface area contributed by atoms with Gasteiger partial charge >= 0.3 is 0 Å². The Bertz CT molecular complexity index is 841. The number of nitrogens with zero attached hydrogens (tertiary/aromatic N) is 3. The average Bonchev–Trinajstić information content (AvgIpc) is 2.78. The highest BCUT2D eigenvalue weighted by Gasteiger charge is 2.13. The molecule has 0 fully saturated rings. The van der Waals surface area contributed by atoms with Crippen molar-refractivity contribution in [2.45, 2.75) is 20.3 Å². The van der Waals surface area contributed by atoms with Gasteiger partial charge in [0.1, 0.15) is 22.9 Å². The molecular weight excluding hydrogens is 302 g/mol. The summed E-state index contributed by atoms with van der Waals surface area (Å²) in [7, 11) is 0. The highest BCUT2D eigenvalue weighted by Crippen LogP contribution is 2.25. The van der Waals surface area contributed by atoms with Crippen molar-refractivity contribution in [1.29, 1.82) is 0 Å². The number of nitrogens with one attached hydrogen (secondary N) is 2. The molecule has 0 spiro atoms. The Hall–Kier alpha value is -2.47. The summed E-state index contributed by atoms with van der Waals surface area (Å²) in [6, 6.07) is 3.43. The van der Waals surface area contributed by atoms with Crippen LogP contribution in [0.1, 0.15) is 16.8 Å². The Labute approximate surface area is 132 Å². The highest BCUT2D eigenvalue weighted by molar-refractivity contribution is 6.29. The summed E-state index contributed by atoms with van der Waals surface area (Å²) in [5.74, 6) is 0.348. The molecule has 0 saturated carbocycles. The smallest absolute Gasteiger partial charge is 0.230 e. The minimum atomic E-state index is -0.164. The van der Waals surface area contributed by atoms with Gasteiger partial charge in [0.15, 0.2) is 0 Å². The Morgan fingerprint density at radius 2 is 2.09 bits per heavy atom. The van der Waals surface area contributed by atoms with Gasteiger partial charge in [-0.15, -0.1) is 0 Å². The maximum Gasteiger partial charge on any atom is 0.230 e. The molecule has 3 aromatic heterocycles. The van der Waals surface area contributed by atoms with Crippen LogP contribution < -0.4 is 5.32 Å².